The summed E-state index contributed by atoms with van der Waals surface area (Å²) < 4.78 is 23.4. The summed E-state index contributed by atoms with van der Waals surface area (Å²) in [6, 6.07) is 6.38. The highest BCUT2D eigenvalue weighted by Gasteiger charge is 2.06. The van der Waals surface area contributed by atoms with Crippen LogP contribution < -0.4 is 10.5 Å². The minimum absolute atomic E-state index is 0.0806. The first kappa shape index (κ1) is 10.6. The number of hydrogen-bond donors (Lipinski definition) is 1. The molecule has 2 aromatic rings. The minimum Gasteiger partial charge on any atom is -0.445 e. The topological polar surface area (TPSA) is 61.3 Å². The van der Waals surface area contributed by atoms with Crippen LogP contribution in [0.15, 0.2) is 34.9 Å². The Bertz CT molecular complexity index is 471. The van der Waals surface area contributed by atoms with Gasteiger partial charge in [0, 0.05) is 12.1 Å². The molecular formula is C11H11FN2O2. The fourth-order valence-corrected chi connectivity index (χ4v) is 1.20. The highest BCUT2D eigenvalue weighted by molar-refractivity contribution is 5.16. The molecule has 1 aromatic heterocycles. The summed E-state index contributed by atoms with van der Waals surface area (Å²) in [6.45, 7) is 0.365. The van der Waals surface area contributed by atoms with Crippen molar-refractivity contribution >= 4 is 0 Å². The predicted octanol–water partition coefficient (Wildman–Crippen LogP) is 1.85. The smallest absolute Gasteiger partial charge is 0.394 e. The lowest BCUT2D eigenvalue weighted by molar-refractivity contribution is 0.217. The fraction of sp³-hybridized carbons (Fsp3) is 0.182. The molecule has 0 radical (unpaired) electrons. The number of nitrogens with two attached hydrogens (primary N) is 1. The van der Waals surface area contributed by atoms with Crippen molar-refractivity contribution in [1.29, 1.82) is 0 Å². The molecule has 0 saturated carbocycles. The fourth-order valence-electron chi connectivity index (χ4n) is 1.20. The van der Waals surface area contributed by atoms with E-state index >= 15 is 0 Å². The predicted molar refractivity (Wildman–Crippen MR) is 55.1 cm³/mol. The molecule has 0 bridgehead atoms. The van der Waals surface area contributed by atoms with Gasteiger partial charge in [-0.25, -0.2) is 4.39 Å². The van der Waals surface area contributed by atoms with Crippen molar-refractivity contribution in [3.8, 4) is 6.08 Å². The summed E-state index contributed by atoms with van der Waals surface area (Å²) in [5, 5.41) is 0. The van der Waals surface area contributed by atoms with E-state index < -0.39 is 0 Å². The number of halogens is 1. The van der Waals surface area contributed by atoms with Crippen molar-refractivity contribution in [2.45, 2.75) is 13.2 Å². The highest BCUT2D eigenvalue weighted by atomic mass is 19.1. The van der Waals surface area contributed by atoms with E-state index in [2.05, 4.69) is 4.98 Å². The molecule has 0 aliphatic carbocycles. The van der Waals surface area contributed by atoms with E-state index in [0.717, 1.165) is 0 Å². The largest absolute Gasteiger partial charge is 0.445 e. The maximum atomic E-state index is 13.2. The highest BCUT2D eigenvalue weighted by Crippen LogP contribution is 2.13. The number of rotatable bonds is 4. The van der Waals surface area contributed by atoms with Gasteiger partial charge >= 0.3 is 6.08 Å². The Morgan fingerprint density at radius 1 is 1.38 bits per heavy atom. The van der Waals surface area contributed by atoms with Gasteiger partial charge in [0.15, 0.2) is 0 Å². The average Bonchev–Trinajstić information content (AvgIpc) is 2.76. The van der Waals surface area contributed by atoms with Crippen LogP contribution in [0.1, 0.15) is 11.3 Å². The van der Waals surface area contributed by atoms with E-state index in [1.54, 1.807) is 18.2 Å². The van der Waals surface area contributed by atoms with Gasteiger partial charge in [0.2, 0.25) is 0 Å². The van der Waals surface area contributed by atoms with Crippen molar-refractivity contribution in [2.75, 3.05) is 0 Å². The summed E-state index contributed by atoms with van der Waals surface area (Å²) >= 11 is 0. The van der Waals surface area contributed by atoms with Crippen molar-refractivity contribution in [1.82, 2.24) is 4.98 Å². The number of ether oxygens (including phenoxy) is 1. The monoisotopic (exact) mass is 222 g/mol. The molecule has 16 heavy (non-hydrogen) atoms. The number of oxazole rings is 1. The zero-order valence-corrected chi connectivity index (χ0v) is 8.52. The second-order valence-electron chi connectivity index (χ2n) is 3.19. The molecular weight excluding hydrogens is 211 g/mol. The average molecular weight is 222 g/mol. The summed E-state index contributed by atoms with van der Waals surface area (Å²) in [4.78, 5) is 3.94. The van der Waals surface area contributed by atoms with Crippen LogP contribution in [-0.2, 0) is 13.2 Å². The van der Waals surface area contributed by atoms with Crippen molar-refractivity contribution < 1.29 is 13.5 Å². The molecule has 0 aliphatic rings. The molecule has 0 saturated heterocycles. The Morgan fingerprint density at radius 3 is 2.88 bits per heavy atom. The lowest BCUT2D eigenvalue weighted by atomic mass is 10.2. The summed E-state index contributed by atoms with van der Waals surface area (Å²) in [7, 11) is 0. The lowest BCUT2D eigenvalue weighted by Gasteiger charge is -2.02. The molecule has 0 atom stereocenters. The standard InChI is InChI=1S/C11H11FN2O2/c12-10-4-2-1-3-8(10)6-15-11-14-9(5-13)7-16-11/h1-4,7H,5-6,13H2. The number of aromatic nitrogens is 1. The van der Waals surface area contributed by atoms with Crippen molar-refractivity contribution in [3.05, 3.63) is 47.6 Å². The van der Waals surface area contributed by atoms with Gasteiger partial charge in [-0.1, -0.05) is 18.2 Å². The van der Waals surface area contributed by atoms with Gasteiger partial charge in [-0.05, 0) is 6.07 Å². The van der Waals surface area contributed by atoms with E-state index in [0.29, 0.717) is 11.3 Å². The number of benzene rings is 1. The van der Waals surface area contributed by atoms with Crippen LogP contribution in [0.5, 0.6) is 6.08 Å². The Morgan fingerprint density at radius 2 is 2.19 bits per heavy atom. The van der Waals surface area contributed by atoms with Gasteiger partial charge < -0.3 is 14.9 Å². The van der Waals surface area contributed by atoms with E-state index in [1.165, 1.54) is 12.3 Å². The first-order chi connectivity index (χ1) is 7.79. The van der Waals surface area contributed by atoms with Crippen LogP contribution in [0.3, 0.4) is 0 Å². The first-order valence-electron chi connectivity index (χ1n) is 4.80. The third-order valence-electron chi connectivity index (χ3n) is 2.05. The van der Waals surface area contributed by atoms with E-state index in [4.69, 9.17) is 14.9 Å². The molecule has 0 unspecified atom stereocenters. The maximum Gasteiger partial charge on any atom is 0.394 e. The molecule has 2 N–H and O–H groups in total. The lowest BCUT2D eigenvalue weighted by Crippen LogP contribution is -1.99. The third kappa shape index (κ3) is 2.38. The van der Waals surface area contributed by atoms with Crippen molar-refractivity contribution in [2.24, 2.45) is 5.73 Å². The molecule has 0 fully saturated rings. The zero-order chi connectivity index (χ0) is 11.4. The van der Waals surface area contributed by atoms with Crippen molar-refractivity contribution in [3.63, 3.8) is 0 Å². The van der Waals surface area contributed by atoms with Crippen LogP contribution in [0.2, 0.25) is 0 Å². The quantitative estimate of drug-likeness (QED) is 0.857. The van der Waals surface area contributed by atoms with Gasteiger partial charge in [0.25, 0.3) is 0 Å². The third-order valence-corrected chi connectivity index (χ3v) is 2.05. The SMILES string of the molecule is NCc1coc(OCc2ccccc2F)n1. The molecule has 0 aliphatic heterocycles. The maximum absolute atomic E-state index is 13.2. The van der Waals surface area contributed by atoms with Gasteiger partial charge in [-0.3, -0.25) is 0 Å². The number of hydrogen-bond acceptors (Lipinski definition) is 4. The van der Waals surface area contributed by atoms with Crippen LogP contribution >= 0.6 is 0 Å². The van der Waals surface area contributed by atoms with Crippen LogP contribution in [0, 0.1) is 5.82 Å². The molecule has 0 amide bonds. The molecule has 4 nitrogen and oxygen atoms in total. The first-order valence-corrected chi connectivity index (χ1v) is 4.80. The van der Waals surface area contributed by atoms with Gasteiger partial charge in [0.05, 0.1) is 5.69 Å². The molecule has 1 aromatic carbocycles. The Balaban J connectivity index is 1.99. The van der Waals surface area contributed by atoms with E-state index in [9.17, 15) is 4.39 Å². The summed E-state index contributed by atoms with van der Waals surface area (Å²) in [5.41, 5.74) is 6.41. The second kappa shape index (κ2) is 4.76. The minimum atomic E-state index is -0.312. The van der Waals surface area contributed by atoms with Crippen LogP contribution in [-0.4, -0.2) is 4.98 Å². The van der Waals surface area contributed by atoms with E-state index in [1.807, 2.05) is 0 Å². The molecule has 5 heteroatoms. The molecule has 0 spiro atoms. The number of nitrogens with zero attached hydrogens (tertiary/aromatic N) is 1. The Kier molecular flexibility index (Phi) is 3.16. The summed E-state index contributed by atoms with van der Waals surface area (Å²) in [6.07, 6.45) is 1.51. The molecule has 84 valence electrons. The molecule has 1 heterocycles. The van der Waals surface area contributed by atoms with Crippen LogP contribution in [0.25, 0.3) is 0 Å². The van der Waals surface area contributed by atoms with Gasteiger partial charge in [0.1, 0.15) is 18.7 Å². The molecule has 2 rings (SSSR count). The Labute approximate surface area is 91.9 Å². The Hall–Kier alpha value is -1.88. The van der Waals surface area contributed by atoms with Gasteiger partial charge in [-0.2, -0.15) is 4.98 Å². The van der Waals surface area contributed by atoms with Gasteiger partial charge in [-0.15, -0.1) is 0 Å². The zero-order valence-electron chi connectivity index (χ0n) is 8.52. The normalized spacial score (nSPS) is 10.4. The second-order valence-corrected chi connectivity index (χ2v) is 3.19. The van der Waals surface area contributed by atoms with E-state index in [-0.39, 0.29) is 25.0 Å². The summed E-state index contributed by atoms with van der Waals surface area (Å²) in [5.74, 6) is -0.312. The van der Waals surface area contributed by atoms with Crippen LogP contribution in [0.4, 0.5) is 4.39 Å².